The average molecular weight is 262 g/mol. The van der Waals surface area contributed by atoms with Crippen LogP contribution in [-0.2, 0) is 0 Å². The van der Waals surface area contributed by atoms with E-state index in [1.54, 1.807) is 0 Å². The van der Waals surface area contributed by atoms with Crippen LogP contribution < -0.4 is 15.4 Å². The van der Waals surface area contributed by atoms with Crippen molar-refractivity contribution in [3.63, 3.8) is 0 Å². The van der Waals surface area contributed by atoms with Crippen LogP contribution in [0.1, 0.15) is 36.5 Å². The summed E-state index contributed by atoms with van der Waals surface area (Å²) in [4.78, 5) is 12.1. The van der Waals surface area contributed by atoms with Crippen LogP contribution in [0.15, 0.2) is 24.3 Å². The molecule has 0 radical (unpaired) electrons. The quantitative estimate of drug-likeness (QED) is 0.872. The van der Waals surface area contributed by atoms with E-state index in [0.717, 1.165) is 38.1 Å². The van der Waals surface area contributed by atoms with Crippen LogP contribution in [0.5, 0.6) is 5.75 Å². The lowest BCUT2D eigenvalue weighted by molar-refractivity contribution is 0.0934. The van der Waals surface area contributed by atoms with Gasteiger partial charge in [0.05, 0.1) is 6.61 Å². The van der Waals surface area contributed by atoms with Crippen LogP contribution in [-0.4, -0.2) is 31.6 Å². The Morgan fingerprint density at radius 1 is 1.32 bits per heavy atom. The van der Waals surface area contributed by atoms with Gasteiger partial charge in [-0.3, -0.25) is 4.79 Å². The van der Waals surface area contributed by atoms with Crippen LogP contribution in [0.4, 0.5) is 0 Å². The Balaban J connectivity index is 1.91. The van der Waals surface area contributed by atoms with Crippen LogP contribution in [0.25, 0.3) is 0 Å². The van der Waals surface area contributed by atoms with Gasteiger partial charge in [-0.25, -0.2) is 0 Å². The van der Waals surface area contributed by atoms with Gasteiger partial charge >= 0.3 is 0 Å². The number of amides is 1. The summed E-state index contributed by atoms with van der Waals surface area (Å²) in [5.74, 6) is 0.813. The standard InChI is InChI=1S/C15H22N2O2/c1-2-19-14-7-5-12(6-8-14)15(18)17-13-4-3-10-16-11-9-13/h5-8,13,16H,2-4,9-11H2,1H3,(H,17,18). The Kier molecular flexibility index (Phi) is 5.21. The number of carbonyl (C=O) groups excluding carboxylic acids is 1. The first-order chi connectivity index (χ1) is 9.29. The molecule has 1 atom stereocenters. The molecule has 1 aliphatic rings. The molecule has 0 aromatic heterocycles. The molecule has 0 saturated carbocycles. The SMILES string of the molecule is CCOc1ccc(C(=O)NC2CCCNCC2)cc1. The second kappa shape index (κ2) is 7.14. The number of carbonyl (C=O) groups is 1. The molecule has 2 N–H and O–H groups in total. The molecule has 1 heterocycles. The zero-order chi connectivity index (χ0) is 13.5. The smallest absolute Gasteiger partial charge is 0.251 e. The zero-order valence-corrected chi connectivity index (χ0v) is 11.4. The summed E-state index contributed by atoms with van der Waals surface area (Å²) in [5.41, 5.74) is 0.695. The number of hydrogen-bond donors (Lipinski definition) is 2. The van der Waals surface area contributed by atoms with Crippen molar-refractivity contribution in [1.29, 1.82) is 0 Å². The van der Waals surface area contributed by atoms with Gasteiger partial charge in [-0.05, 0) is 63.5 Å². The molecular formula is C15H22N2O2. The predicted octanol–water partition coefficient (Wildman–Crippen LogP) is 1.96. The van der Waals surface area contributed by atoms with Crippen LogP contribution in [0.2, 0.25) is 0 Å². The summed E-state index contributed by atoms with van der Waals surface area (Å²) < 4.78 is 5.37. The topological polar surface area (TPSA) is 50.4 Å². The van der Waals surface area contributed by atoms with E-state index in [1.807, 2.05) is 31.2 Å². The van der Waals surface area contributed by atoms with E-state index in [2.05, 4.69) is 10.6 Å². The molecule has 19 heavy (non-hydrogen) atoms. The van der Waals surface area contributed by atoms with Crippen molar-refractivity contribution >= 4 is 5.91 Å². The normalized spacial score (nSPS) is 19.5. The van der Waals surface area contributed by atoms with Crippen LogP contribution in [0.3, 0.4) is 0 Å². The highest BCUT2D eigenvalue weighted by Gasteiger charge is 2.15. The lowest BCUT2D eigenvalue weighted by Crippen LogP contribution is -2.35. The molecule has 1 aromatic carbocycles. The first-order valence-electron chi connectivity index (χ1n) is 7.04. The molecule has 1 fully saturated rings. The summed E-state index contributed by atoms with van der Waals surface area (Å²) in [6.45, 7) is 4.62. The van der Waals surface area contributed by atoms with Crippen molar-refractivity contribution in [3.8, 4) is 5.75 Å². The lowest BCUT2D eigenvalue weighted by atomic mass is 10.1. The Labute approximate surface area is 114 Å². The molecular weight excluding hydrogens is 240 g/mol. The van der Waals surface area contributed by atoms with Crippen LogP contribution >= 0.6 is 0 Å². The van der Waals surface area contributed by atoms with Gasteiger partial charge in [0, 0.05) is 11.6 Å². The monoisotopic (exact) mass is 262 g/mol. The predicted molar refractivity (Wildman–Crippen MR) is 75.6 cm³/mol. The fraction of sp³-hybridized carbons (Fsp3) is 0.533. The number of hydrogen-bond acceptors (Lipinski definition) is 3. The third-order valence-electron chi connectivity index (χ3n) is 3.34. The van der Waals surface area contributed by atoms with E-state index >= 15 is 0 Å². The highest BCUT2D eigenvalue weighted by molar-refractivity contribution is 5.94. The summed E-state index contributed by atoms with van der Waals surface area (Å²) in [5, 5.41) is 6.45. The highest BCUT2D eigenvalue weighted by Crippen LogP contribution is 2.13. The van der Waals surface area contributed by atoms with Gasteiger partial charge in [-0.1, -0.05) is 0 Å². The van der Waals surface area contributed by atoms with Crippen molar-refractivity contribution in [2.75, 3.05) is 19.7 Å². The minimum absolute atomic E-state index is 0.00921. The molecule has 0 aliphatic carbocycles. The van der Waals surface area contributed by atoms with E-state index in [0.29, 0.717) is 12.2 Å². The molecule has 1 saturated heterocycles. The first-order valence-corrected chi connectivity index (χ1v) is 7.04. The maximum Gasteiger partial charge on any atom is 0.251 e. The Morgan fingerprint density at radius 2 is 2.11 bits per heavy atom. The fourth-order valence-corrected chi connectivity index (χ4v) is 2.30. The van der Waals surface area contributed by atoms with Crippen molar-refractivity contribution in [3.05, 3.63) is 29.8 Å². The summed E-state index contributed by atoms with van der Waals surface area (Å²) >= 11 is 0. The fourth-order valence-electron chi connectivity index (χ4n) is 2.30. The molecule has 1 aromatic rings. The molecule has 1 unspecified atom stereocenters. The van der Waals surface area contributed by atoms with Crippen LogP contribution in [0, 0.1) is 0 Å². The van der Waals surface area contributed by atoms with E-state index in [4.69, 9.17) is 4.74 Å². The maximum absolute atomic E-state index is 12.1. The third-order valence-corrected chi connectivity index (χ3v) is 3.34. The van der Waals surface area contributed by atoms with Crippen molar-refractivity contribution in [2.24, 2.45) is 0 Å². The summed E-state index contributed by atoms with van der Waals surface area (Å²) in [6.07, 6.45) is 3.17. The number of ether oxygens (including phenoxy) is 1. The largest absolute Gasteiger partial charge is 0.494 e. The van der Waals surface area contributed by atoms with Crippen molar-refractivity contribution < 1.29 is 9.53 Å². The molecule has 1 aliphatic heterocycles. The minimum atomic E-state index is 0.00921. The van der Waals surface area contributed by atoms with Gasteiger partial charge in [0.1, 0.15) is 5.75 Å². The third kappa shape index (κ3) is 4.24. The minimum Gasteiger partial charge on any atom is -0.494 e. The highest BCUT2D eigenvalue weighted by atomic mass is 16.5. The van der Waals surface area contributed by atoms with E-state index in [1.165, 1.54) is 0 Å². The number of nitrogens with one attached hydrogen (secondary N) is 2. The van der Waals surface area contributed by atoms with Gasteiger partial charge in [-0.2, -0.15) is 0 Å². The van der Waals surface area contributed by atoms with Gasteiger partial charge in [0.25, 0.3) is 5.91 Å². The number of rotatable bonds is 4. The number of benzene rings is 1. The molecule has 4 heteroatoms. The van der Waals surface area contributed by atoms with E-state index in [9.17, 15) is 4.79 Å². The molecule has 0 spiro atoms. The lowest BCUT2D eigenvalue weighted by Gasteiger charge is -2.16. The van der Waals surface area contributed by atoms with Gasteiger partial charge in [0.2, 0.25) is 0 Å². The zero-order valence-electron chi connectivity index (χ0n) is 11.4. The Bertz CT molecular complexity index is 395. The van der Waals surface area contributed by atoms with Crippen molar-refractivity contribution in [2.45, 2.75) is 32.2 Å². The van der Waals surface area contributed by atoms with Crippen molar-refractivity contribution in [1.82, 2.24) is 10.6 Å². The second-order valence-corrected chi connectivity index (χ2v) is 4.81. The van der Waals surface area contributed by atoms with Gasteiger partial charge < -0.3 is 15.4 Å². The molecule has 1 amide bonds. The van der Waals surface area contributed by atoms with E-state index < -0.39 is 0 Å². The summed E-state index contributed by atoms with van der Waals surface area (Å²) in [6, 6.07) is 7.60. The second-order valence-electron chi connectivity index (χ2n) is 4.81. The summed E-state index contributed by atoms with van der Waals surface area (Å²) in [7, 11) is 0. The average Bonchev–Trinajstić information content (AvgIpc) is 2.68. The van der Waals surface area contributed by atoms with Gasteiger partial charge in [0.15, 0.2) is 0 Å². The molecule has 2 rings (SSSR count). The van der Waals surface area contributed by atoms with E-state index in [-0.39, 0.29) is 11.9 Å². The molecule has 0 bridgehead atoms. The Hall–Kier alpha value is -1.55. The first kappa shape index (κ1) is 13.9. The molecule has 104 valence electrons. The maximum atomic E-state index is 12.1. The van der Waals surface area contributed by atoms with Gasteiger partial charge in [-0.15, -0.1) is 0 Å². The Morgan fingerprint density at radius 3 is 2.84 bits per heavy atom. The molecule has 4 nitrogen and oxygen atoms in total.